The van der Waals surface area contributed by atoms with Crippen molar-refractivity contribution in [3.05, 3.63) is 24.0 Å². The van der Waals surface area contributed by atoms with E-state index in [4.69, 9.17) is 10.7 Å². The summed E-state index contributed by atoms with van der Waals surface area (Å²) < 4.78 is 2.15. The number of imidazole rings is 1. The number of benzene rings is 1. The Balaban J connectivity index is 0.00000176. The zero-order valence-corrected chi connectivity index (χ0v) is 14.0. The van der Waals surface area contributed by atoms with E-state index in [1.54, 1.807) is 0 Å². The van der Waals surface area contributed by atoms with Crippen LogP contribution in [0.1, 0.15) is 38.4 Å². The number of hydrogen-bond donors (Lipinski definition) is 2. The number of aromatic nitrogens is 2. The first-order chi connectivity index (χ1) is 9.97. The molecule has 0 radical (unpaired) electrons. The normalized spacial score (nSPS) is 15.7. The van der Waals surface area contributed by atoms with Crippen LogP contribution in [0, 0.1) is 5.92 Å². The van der Waals surface area contributed by atoms with Crippen LogP contribution < -0.4 is 11.1 Å². The molecule has 1 amide bonds. The standard InChI is InChI=1S/C16H22N4O.ClH/c1-9(2)14(17)16(21)18-11-6-7-13-12(8-11)19-15(20(13)3)10-4-5-10;/h6-10,14H,4-5,17H2,1-3H3,(H,18,21);1H/t14-;/m0./s1. The molecule has 22 heavy (non-hydrogen) atoms. The van der Waals surface area contributed by atoms with E-state index in [2.05, 4.69) is 16.9 Å². The van der Waals surface area contributed by atoms with Gasteiger partial charge in [0.25, 0.3) is 0 Å². The summed E-state index contributed by atoms with van der Waals surface area (Å²) in [6, 6.07) is 5.34. The van der Waals surface area contributed by atoms with Crippen LogP contribution >= 0.6 is 12.4 Å². The van der Waals surface area contributed by atoms with Crippen LogP contribution in [0.4, 0.5) is 5.69 Å². The van der Waals surface area contributed by atoms with Crippen molar-refractivity contribution >= 4 is 35.0 Å². The van der Waals surface area contributed by atoms with Crippen molar-refractivity contribution in [1.82, 2.24) is 9.55 Å². The number of fused-ring (bicyclic) bond motifs is 1. The molecule has 1 aliphatic carbocycles. The van der Waals surface area contributed by atoms with Crippen LogP contribution in [0.15, 0.2) is 18.2 Å². The van der Waals surface area contributed by atoms with Gasteiger partial charge in [-0.25, -0.2) is 4.98 Å². The van der Waals surface area contributed by atoms with E-state index in [1.807, 2.05) is 32.0 Å². The van der Waals surface area contributed by atoms with Crippen molar-refractivity contribution in [1.29, 1.82) is 0 Å². The van der Waals surface area contributed by atoms with Crippen LogP contribution in [0.5, 0.6) is 0 Å². The largest absolute Gasteiger partial charge is 0.331 e. The Kier molecular flexibility index (Phi) is 4.78. The molecular formula is C16H23ClN4O. The molecule has 120 valence electrons. The first kappa shape index (κ1) is 16.8. The lowest BCUT2D eigenvalue weighted by Crippen LogP contribution is -2.39. The van der Waals surface area contributed by atoms with E-state index in [0.29, 0.717) is 5.92 Å². The van der Waals surface area contributed by atoms with Crippen molar-refractivity contribution in [2.45, 2.75) is 38.6 Å². The predicted octanol–water partition coefficient (Wildman–Crippen LogP) is 2.79. The summed E-state index contributed by atoms with van der Waals surface area (Å²) in [6.45, 7) is 3.88. The third kappa shape index (κ3) is 3.10. The number of halogens is 1. The molecule has 0 bridgehead atoms. The summed E-state index contributed by atoms with van der Waals surface area (Å²) in [5.41, 5.74) is 8.64. The Hall–Kier alpha value is -1.59. The van der Waals surface area contributed by atoms with E-state index in [0.717, 1.165) is 22.5 Å². The Morgan fingerprint density at radius 1 is 1.41 bits per heavy atom. The average molecular weight is 323 g/mol. The van der Waals surface area contributed by atoms with Crippen molar-refractivity contribution in [2.24, 2.45) is 18.7 Å². The molecule has 2 aromatic rings. The monoisotopic (exact) mass is 322 g/mol. The van der Waals surface area contributed by atoms with Crippen LogP contribution in [-0.2, 0) is 11.8 Å². The maximum absolute atomic E-state index is 12.0. The molecule has 1 heterocycles. The average Bonchev–Trinajstić information content (AvgIpc) is 3.23. The van der Waals surface area contributed by atoms with Gasteiger partial charge in [0.1, 0.15) is 5.82 Å². The number of nitrogens with one attached hydrogen (secondary N) is 1. The third-order valence-corrected chi connectivity index (χ3v) is 4.15. The molecule has 1 aromatic heterocycles. The van der Waals surface area contributed by atoms with Gasteiger partial charge in [-0.05, 0) is 37.0 Å². The number of rotatable bonds is 4. The van der Waals surface area contributed by atoms with Crippen molar-refractivity contribution in [3.8, 4) is 0 Å². The van der Waals surface area contributed by atoms with Crippen LogP contribution in [0.3, 0.4) is 0 Å². The van der Waals surface area contributed by atoms with Gasteiger partial charge >= 0.3 is 0 Å². The molecule has 3 N–H and O–H groups in total. The fourth-order valence-corrected chi connectivity index (χ4v) is 2.53. The molecule has 0 unspecified atom stereocenters. The number of amides is 1. The quantitative estimate of drug-likeness (QED) is 0.909. The summed E-state index contributed by atoms with van der Waals surface area (Å²) in [5, 5.41) is 2.88. The highest BCUT2D eigenvalue weighted by atomic mass is 35.5. The maximum Gasteiger partial charge on any atom is 0.241 e. The van der Waals surface area contributed by atoms with Gasteiger partial charge in [0.2, 0.25) is 5.91 Å². The summed E-state index contributed by atoms with van der Waals surface area (Å²) >= 11 is 0. The number of hydrogen-bond acceptors (Lipinski definition) is 3. The summed E-state index contributed by atoms with van der Waals surface area (Å²) in [5.74, 6) is 1.72. The van der Waals surface area contributed by atoms with Crippen molar-refractivity contribution < 1.29 is 4.79 Å². The first-order valence-corrected chi connectivity index (χ1v) is 7.50. The SMILES string of the molecule is CC(C)[C@H](N)C(=O)Nc1ccc2c(c1)nc(C1CC1)n2C.Cl. The van der Waals surface area contributed by atoms with E-state index >= 15 is 0 Å². The molecule has 0 aliphatic heterocycles. The highest BCUT2D eigenvalue weighted by Gasteiger charge is 2.28. The first-order valence-electron chi connectivity index (χ1n) is 7.50. The van der Waals surface area contributed by atoms with Crippen LogP contribution in [0.2, 0.25) is 0 Å². The van der Waals surface area contributed by atoms with Gasteiger partial charge in [0.15, 0.2) is 0 Å². The second-order valence-corrected chi connectivity index (χ2v) is 6.27. The van der Waals surface area contributed by atoms with Gasteiger partial charge < -0.3 is 15.6 Å². The molecule has 0 saturated heterocycles. The van der Waals surface area contributed by atoms with Gasteiger partial charge in [-0.3, -0.25) is 4.79 Å². The minimum atomic E-state index is -0.494. The minimum absolute atomic E-state index is 0. The molecule has 1 atom stereocenters. The lowest BCUT2D eigenvalue weighted by atomic mass is 10.0. The van der Waals surface area contributed by atoms with Gasteiger partial charge in [-0.1, -0.05) is 13.8 Å². The molecule has 1 aromatic carbocycles. The number of nitrogens with two attached hydrogens (primary N) is 1. The minimum Gasteiger partial charge on any atom is -0.331 e. The zero-order valence-electron chi connectivity index (χ0n) is 13.2. The Morgan fingerprint density at radius 3 is 2.68 bits per heavy atom. The molecule has 5 nitrogen and oxygen atoms in total. The molecular weight excluding hydrogens is 300 g/mol. The highest BCUT2D eigenvalue weighted by molar-refractivity contribution is 5.96. The fraction of sp³-hybridized carbons (Fsp3) is 0.500. The number of nitrogens with zero attached hydrogens (tertiary/aromatic N) is 2. The second kappa shape index (κ2) is 6.26. The number of anilines is 1. The summed E-state index contributed by atoms with van der Waals surface area (Å²) in [6.07, 6.45) is 2.45. The fourth-order valence-electron chi connectivity index (χ4n) is 2.53. The molecule has 1 aliphatic rings. The molecule has 3 rings (SSSR count). The Morgan fingerprint density at radius 2 is 2.09 bits per heavy atom. The number of carbonyl (C=O) groups excluding carboxylic acids is 1. The van der Waals surface area contributed by atoms with Gasteiger partial charge in [0.05, 0.1) is 17.1 Å². The number of carbonyl (C=O) groups is 1. The van der Waals surface area contributed by atoms with Gasteiger partial charge in [-0.15, -0.1) is 12.4 Å². The molecule has 1 saturated carbocycles. The van der Waals surface area contributed by atoms with Crippen LogP contribution in [-0.4, -0.2) is 21.5 Å². The van der Waals surface area contributed by atoms with E-state index in [-0.39, 0.29) is 24.2 Å². The molecule has 0 spiro atoms. The number of aryl methyl sites for hydroxylation is 1. The van der Waals surface area contributed by atoms with E-state index < -0.39 is 6.04 Å². The summed E-state index contributed by atoms with van der Waals surface area (Å²) in [4.78, 5) is 16.7. The van der Waals surface area contributed by atoms with E-state index in [9.17, 15) is 4.79 Å². The predicted molar refractivity (Wildman–Crippen MR) is 91.4 cm³/mol. The van der Waals surface area contributed by atoms with Crippen LogP contribution in [0.25, 0.3) is 11.0 Å². The zero-order chi connectivity index (χ0) is 15.1. The lowest BCUT2D eigenvalue weighted by molar-refractivity contribution is -0.118. The van der Waals surface area contributed by atoms with Crippen molar-refractivity contribution in [2.75, 3.05) is 5.32 Å². The van der Waals surface area contributed by atoms with Crippen molar-refractivity contribution in [3.63, 3.8) is 0 Å². The van der Waals surface area contributed by atoms with Gasteiger partial charge in [0, 0.05) is 18.7 Å². The van der Waals surface area contributed by atoms with E-state index in [1.165, 1.54) is 12.8 Å². The summed E-state index contributed by atoms with van der Waals surface area (Å²) in [7, 11) is 2.05. The van der Waals surface area contributed by atoms with Gasteiger partial charge in [-0.2, -0.15) is 0 Å². The third-order valence-electron chi connectivity index (χ3n) is 4.15. The Bertz CT molecular complexity index is 691. The molecule has 6 heteroatoms. The molecule has 1 fully saturated rings. The Labute approximate surface area is 136 Å². The second-order valence-electron chi connectivity index (χ2n) is 6.27. The smallest absolute Gasteiger partial charge is 0.241 e. The highest BCUT2D eigenvalue weighted by Crippen LogP contribution is 2.40. The topological polar surface area (TPSA) is 72.9 Å². The maximum atomic E-state index is 12.0. The lowest BCUT2D eigenvalue weighted by Gasteiger charge is -2.15.